The standard InChI is InChI=1S/C13H17N3O2/c1-13(2)9-16(7-10(8-17)18-13)12-4-3-5-15-11(12)6-14/h3-5,10,17H,7-9H2,1-2H3. The largest absolute Gasteiger partial charge is 0.394 e. The van der Waals surface area contributed by atoms with E-state index in [0.29, 0.717) is 18.8 Å². The molecule has 0 bridgehead atoms. The summed E-state index contributed by atoms with van der Waals surface area (Å²) in [6.45, 7) is 5.17. The summed E-state index contributed by atoms with van der Waals surface area (Å²) in [4.78, 5) is 6.12. The third kappa shape index (κ3) is 2.61. The van der Waals surface area contributed by atoms with E-state index < -0.39 is 0 Å². The fourth-order valence-corrected chi connectivity index (χ4v) is 2.31. The maximum atomic E-state index is 9.28. The normalized spacial score (nSPS) is 22.6. The van der Waals surface area contributed by atoms with Crippen molar-refractivity contribution >= 4 is 5.69 Å². The smallest absolute Gasteiger partial charge is 0.163 e. The predicted octanol–water partition coefficient (Wildman–Crippen LogP) is 0.929. The van der Waals surface area contributed by atoms with E-state index in [0.717, 1.165) is 5.69 Å². The Kier molecular flexibility index (Phi) is 3.50. The van der Waals surface area contributed by atoms with Crippen LogP contribution in [-0.4, -0.2) is 41.5 Å². The van der Waals surface area contributed by atoms with Crippen LogP contribution in [-0.2, 0) is 4.74 Å². The van der Waals surface area contributed by atoms with Gasteiger partial charge >= 0.3 is 0 Å². The summed E-state index contributed by atoms with van der Waals surface area (Å²) >= 11 is 0. The molecule has 1 aromatic rings. The van der Waals surface area contributed by atoms with Crippen LogP contribution in [0.25, 0.3) is 0 Å². The molecule has 5 heteroatoms. The Morgan fingerprint density at radius 2 is 2.44 bits per heavy atom. The minimum Gasteiger partial charge on any atom is -0.394 e. The van der Waals surface area contributed by atoms with Crippen LogP contribution >= 0.6 is 0 Å². The Bertz CT molecular complexity index is 468. The zero-order valence-corrected chi connectivity index (χ0v) is 10.6. The van der Waals surface area contributed by atoms with Gasteiger partial charge in [-0.2, -0.15) is 5.26 Å². The van der Waals surface area contributed by atoms with Crippen LogP contribution in [0.3, 0.4) is 0 Å². The molecule has 0 amide bonds. The zero-order valence-electron chi connectivity index (χ0n) is 10.6. The van der Waals surface area contributed by atoms with Crippen LogP contribution in [0.4, 0.5) is 5.69 Å². The summed E-state index contributed by atoms with van der Waals surface area (Å²) in [5, 5.41) is 18.4. The number of nitriles is 1. The van der Waals surface area contributed by atoms with Crippen molar-refractivity contribution in [1.82, 2.24) is 4.98 Å². The van der Waals surface area contributed by atoms with Crippen molar-refractivity contribution in [3.05, 3.63) is 24.0 Å². The molecule has 2 rings (SSSR count). The summed E-state index contributed by atoms with van der Waals surface area (Å²) < 4.78 is 5.75. The quantitative estimate of drug-likeness (QED) is 0.842. The highest BCUT2D eigenvalue weighted by Gasteiger charge is 2.34. The molecule has 96 valence electrons. The first-order valence-electron chi connectivity index (χ1n) is 5.94. The van der Waals surface area contributed by atoms with Crippen LogP contribution in [0, 0.1) is 11.3 Å². The molecule has 0 saturated carbocycles. The Hall–Kier alpha value is -1.64. The van der Waals surface area contributed by atoms with Gasteiger partial charge in [-0.3, -0.25) is 0 Å². The average Bonchev–Trinajstić information content (AvgIpc) is 2.36. The molecule has 1 aliphatic rings. The van der Waals surface area contributed by atoms with E-state index >= 15 is 0 Å². The van der Waals surface area contributed by atoms with Crippen molar-refractivity contribution in [2.75, 3.05) is 24.6 Å². The summed E-state index contributed by atoms with van der Waals surface area (Å²) in [5.74, 6) is 0. The van der Waals surface area contributed by atoms with Crippen LogP contribution in [0.1, 0.15) is 19.5 Å². The third-order valence-electron chi connectivity index (χ3n) is 2.92. The van der Waals surface area contributed by atoms with E-state index in [1.807, 2.05) is 26.0 Å². The van der Waals surface area contributed by atoms with Crippen LogP contribution in [0.15, 0.2) is 18.3 Å². The Morgan fingerprint density at radius 3 is 3.11 bits per heavy atom. The molecule has 0 aromatic carbocycles. The number of hydrogen-bond acceptors (Lipinski definition) is 5. The van der Waals surface area contributed by atoms with E-state index in [9.17, 15) is 5.11 Å². The van der Waals surface area contributed by atoms with Gasteiger partial charge in [-0.25, -0.2) is 4.98 Å². The number of ether oxygens (including phenoxy) is 1. The van der Waals surface area contributed by atoms with E-state index in [1.54, 1.807) is 6.20 Å². The van der Waals surface area contributed by atoms with E-state index in [1.165, 1.54) is 0 Å². The van der Waals surface area contributed by atoms with Crippen LogP contribution < -0.4 is 4.90 Å². The van der Waals surface area contributed by atoms with E-state index in [4.69, 9.17) is 10.00 Å². The number of rotatable bonds is 2. The number of aliphatic hydroxyl groups excluding tert-OH is 1. The lowest BCUT2D eigenvalue weighted by Crippen LogP contribution is -2.54. The number of aliphatic hydroxyl groups is 1. The van der Waals surface area contributed by atoms with E-state index in [2.05, 4.69) is 16.0 Å². The number of hydrogen-bond donors (Lipinski definition) is 1. The zero-order chi connectivity index (χ0) is 13.2. The van der Waals surface area contributed by atoms with E-state index in [-0.39, 0.29) is 18.3 Å². The number of nitrogens with zero attached hydrogens (tertiary/aromatic N) is 3. The maximum absolute atomic E-state index is 9.28. The highest BCUT2D eigenvalue weighted by molar-refractivity contribution is 5.56. The first-order valence-corrected chi connectivity index (χ1v) is 5.94. The number of aromatic nitrogens is 1. The van der Waals surface area contributed by atoms with Crippen molar-refractivity contribution in [2.24, 2.45) is 0 Å². The molecule has 1 atom stereocenters. The summed E-state index contributed by atoms with van der Waals surface area (Å²) in [6.07, 6.45) is 1.37. The molecule has 1 saturated heterocycles. The fraction of sp³-hybridized carbons (Fsp3) is 0.538. The predicted molar refractivity (Wildman–Crippen MR) is 67.2 cm³/mol. The SMILES string of the molecule is CC1(C)CN(c2cccnc2C#N)CC(CO)O1. The van der Waals surface area contributed by atoms with Crippen LogP contribution in [0.2, 0.25) is 0 Å². The fourth-order valence-electron chi connectivity index (χ4n) is 2.31. The number of morpholine rings is 1. The van der Waals surface area contributed by atoms with Crippen LogP contribution in [0.5, 0.6) is 0 Å². The molecule has 0 radical (unpaired) electrons. The highest BCUT2D eigenvalue weighted by atomic mass is 16.5. The first-order chi connectivity index (χ1) is 8.55. The molecule has 1 unspecified atom stereocenters. The Balaban J connectivity index is 2.30. The van der Waals surface area contributed by atoms with Gasteiger partial charge < -0.3 is 14.7 Å². The molecule has 0 spiro atoms. The summed E-state index contributed by atoms with van der Waals surface area (Å²) in [5.41, 5.74) is 0.857. The van der Waals surface area contributed by atoms with Gasteiger partial charge in [0, 0.05) is 19.3 Å². The lowest BCUT2D eigenvalue weighted by atomic mass is 10.0. The van der Waals surface area contributed by atoms with Gasteiger partial charge in [0.25, 0.3) is 0 Å². The van der Waals surface area contributed by atoms with Gasteiger partial charge in [0.05, 0.1) is 24.0 Å². The van der Waals surface area contributed by atoms with Crippen molar-refractivity contribution in [1.29, 1.82) is 5.26 Å². The third-order valence-corrected chi connectivity index (χ3v) is 2.92. The topological polar surface area (TPSA) is 69.4 Å². The van der Waals surface area contributed by atoms with Crippen molar-refractivity contribution in [2.45, 2.75) is 25.6 Å². The Morgan fingerprint density at radius 1 is 1.67 bits per heavy atom. The van der Waals surface area contributed by atoms with Gasteiger partial charge in [0.2, 0.25) is 0 Å². The molecule has 1 aliphatic heterocycles. The summed E-state index contributed by atoms with van der Waals surface area (Å²) in [7, 11) is 0. The second-order valence-electron chi connectivity index (χ2n) is 5.05. The number of anilines is 1. The lowest BCUT2D eigenvalue weighted by Gasteiger charge is -2.43. The van der Waals surface area contributed by atoms with Gasteiger partial charge in [-0.1, -0.05) is 0 Å². The molecule has 1 N–H and O–H groups in total. The average molecular weight is 247 g/mol. The molecule has 5 nitrogen and oxygen atoms in total. The summed E-state index contributed by atoms with van der Waals surface area (Å²) in [6, 6.07) is 5.79. The second kappa shape index (κ2) is 4.92. The molecule has 2 heterocycles. The minimum atomic E-state index is -0.353. The molecule has 0 aliphatic carbocycles. The second-order valence-corrected chi connectivity index (χ2v) is 5.05. The van der Waals surface area contributed by atoms with Crippen molar-refractivity contribution in [3.63, 3.8) is 0 Å². The molecule has 1 aromatic heterocycles. The van der Waals surface area contributed by atoms with Gasteiger partial charge in [-0.05, 0) is 26.0 Å². The number of pyridine rings is 1. The lowest BCUT2D eigenvalue weighted by molar-refractivity contribution is -0.101. The van der Waals surface area contributed by atoms with Gasteiger partial charge in [0.1, 0.15) is 6.07 Å². The van der Waals surface area contributed by atoms with Gasteiger partial charge in [0.15, 0.2) is 5.69 Å². The molecular formula is C13H17N3O2. The highest BCUT2D eigenvalue weighted by Crippen LogP contribution is 2.27. The van der Waals surface area contributed by atoms with Crippen molar-refractivity contribution in [3.8, 4) is 6.07 Å². The molecule has 18 heavy (non-hydrogen) atoms. The van der Waals surface area contributed by atoms with Crippen molar-refractivity contribution < 1.29 is 9.84 Å². The minimum absolute atomic E-state index is 0.0257. The maximum Gasteiger partial charge on any atom is 0.163 e. The first kappa shape index (κ1) is 12.8. The monoisotopic (exact) mass is 247 g/mol. The Labute approximate surface area is 107 Å². The molecular weight excluding hydrogens is 230 g/mol. The molecule has 1 fully saturated rings. The van der Waals surface area contributed by atoms with Gasteiger partial charge in [-0.15, -0.1) is 0 Å².